The molecule has 0 aliphatic rings. The van der Waals surface area contributed by atoms with Gasteiger partial charge in [0.2, 0.25) is 0 Å². The van der Waals surface area contributed by atoms with Crippen molar-refractivity contribution in [1.29, 1.82) is 0 Å². The Morgan fingerprint density at radius 1 is 1.00 bits per heavy atom. The minimum Gasteiger partial charge on any atom is -0.508 e. The van der Waals surface area contributed by atoms with Gasteiger partial charge >= 0.3 is 0 Å². The molecule has 0 aromatic heterocycles. The number of aromatic hydroxyl groups is 1. The molecule has 0 fully saturated rings. The Kier molecular flexibility index (Phi) is 5.05. The number of unbranched alkanes of at least 4 members (excludes halogenated alkanes) is 1. The van der Waals surface area contributed by atoms with Crippen molar-refractivity contribution >= 4 is 0 Å². The number of phenols is 1. The molecule has 0 spiro atoms. The third-order valence-electron chi connectivity index (χ3n) is 3.53. The van der Waals surface area contributed by atoms with Crippen LogP contribution in [0.25, 0.3) is 0 Å². The Hall–Kier alpha value is -1.96. The second kappa shape index (κ2) is 6.99. The van der Waals surface area contributed by atoms with Crippen molar-refractivity contribution < 1.29 is 9.84 Å². The molecule has 2 aromatic rings. The predicted molar refractivity (Wildman–Crippen MR) is 82.5 cm³/mol. The molecule has 0 amide bonds. The molecular formula is C18H22O2. The van der Waals surface area contributed by atoms with Gasteiger partial charge in [0.25, 0.3) is 0 Å². The molecule has 0 unspecified atom stereocenters. The third kappa shape index (κ3) is 3.77. The van der Waals surface area contributed by atoms with Crippen molar-refractivity contribution in [1.82, 2.24) is 0 Å². The second-order valence-electron chi connectivity index (χ2n) is 5.16. The van der Waals surface area contributed by atoms with Gasteiger partial charge < -0.3 is 9.84 Å². The lowest BCUT2D eigenvalue weighted by molar-refractivity contribution is 0.398. The fraction of sp³-hybridized carbons (Fsp3) is 0.333. The predicted octanol–water partition coefficient (Wildman–Crippen LogP) is 4.27. The van der Waals surface area contributed by atoms with E-state index in [1.165, 1.54) is 5.56 Å². The molecule has 2 aromatic carbocycles. The summed E-state index contributed by atoms with van der Waals surface area (Å²) in [6.07, 6.45) is 4.08. The quantitative estimate of drug-likeness (QED) is 0.794. The van der Waals surface area contributed by atoms with Gasteiger partial charge in [-0.15, -0.1) is 0 Å². The van der Waals surface area contributed by atoms with Crippen molar-refractivity contribution in [2.75, 3.05) is 7.11 Å². The summed E-state index contributed by atoms with van der Waals surface area (Å²) in [5, 5.41) is 10.0. The number of ether oxygens (including phenoxy) is 1. The molecular weight excluding hydrogens is 248 g/mol. The van der Waals surface area contributed by atoms with Gasteiger partial charge in [0.15, 0.2) is 0 Å². The molecule has 0 heterocycles. The zero-order chi connectivity index (χ0) is 14.4. The molecule has 0 atom stereocenters. The summed E-state index contributed by atoms with van der Waals surface area (Å²) in [5.74, 6) is 1.14. The normalized spacial score (nSPS) is 10.5. The lowest BCUT2D eigenvalue weighted by Crippen LogP contribution is -1.95. The van der Waals surface area contributed by atoms with Crippen molar-refractivity contribution in [3.63, 3.8) is 0 Å². The van der Waals surface area contributed by atoms with Gasteiger partial charge in [-0.3, -0.25) is 0 Å². The Labute approximate surface area is 121 Å². The van der Waals surface area contributed by atoms with Crippen LogP contribution in [-0.2, 0) is 12.8 Å². The molecule has 1 N–H and O–H groups in total. The number of hydrogen-bond acceptors (Lipinski definition) is 2. The second-order valence-corrected chi connectivity index (χ2v) is 5.16. The fourth-order valence-corrected chi connectivity index (χ4v) is 2.47. The van der Waals surface area contributed by atoms with Crippen LogP contribution in [0.15, 0.2) is 42.5 Å². The number of benzene rings is 2. The first-order valence-electron chi connectivity index (χ1n) is 7.11. The van der Waals surface area contributed by atoms with E-state index in [4.69, 9.17) is 4.74 Å². The Morgan fingerprint density at radius 2 is 1.70 bits per heavy atom. The average molecular weight is 270 g/mol. The SMILES string of the molecule is COc1cc(C)cc(O)c1CCCCc1ccccc1. The Balaban J connectivity index is 1.91. The van der Waals surface area contributed by atoms with Crippen LogP contribution in [0, 0.1) is 6.92 Å². The van der Waals surface area contributed by atoms with Crippen molar-refractivity contribution in [2.45, 2.75) is 32.6 Å². The van der Waals surface area contributed by atoms with Crippen LogP contribution in [0.1, 0.15) is 29.5 Å². The van der Waals surface area contributed by atoms with E-state index < -0.39 is 0 Å². The van der Waals surface area contributed by atoms with E-state index >= 15 is 0 Å². The van der Waals surface area contributed by atoms with Crippen LogP contribution in [0.4, 0.5) is 0 Å². The maximum absolute atomic E-state index is 10.0. The molecule has 0 saturated heterocycles. The zero-order valence-corrected chi connectivity index (χ0v) is 12.2. The summed E-state index contributed by atoms with van der Waals surface area (Å²) >= 11 is 0. The first kappa shape index (κ1) is 14.4. The first-order valence-corrected chi connectivity index (χ1v) is 7.11. The summed E-state index contributed by atoms with van der Waals surface area (Å²) < 4.78 is 5.36. The number of hydrogen-bond donors (Lipinski definition) is 1. The summed E-state index contributed by atoms with van der Waals surface area (Å²) in [5.41, 5.74) is 3.31. The number of rotatable bonds is 6. The van der Waals surface area contributed by atoms with Crippen LogP contribution >= 0.6 is 0 Å². The van der Waals surface area contributed by atoms with Crippen LogP contribution in [-0.4, -0.2) is 12.2 Å². The molecule has 106 valence electrons. The summed E-state index contributed by atoms with van der Waals surface area (Å²) in [6.45, 7) is 1.96. The highest BCUT2D eigenvalue weighted by atomic mass is 16.5. The lowest BCUT2D eigenvalue weighted by atomic mass is 10.0. The van der Waals surface area contributed by atoms with Crippen molar-refractivity contribution in [2.24, 2.45) is 0 Å². The maximum atomic E-state index is 10.0. The molecule has 0 bridgehead atoms. The molecule has 2 rings (SSSR count). The molecule has 0 saturated carbocycles. The lowest BCUT2D eigenvalue weighted by Gasteiger charge is -2.11. The van der Waals surface area contributed by atoms with E-state index in [2.05, 4.69) is 24.3 Å². The van der Waals surface area contributed by atoms with Crippen LogP contribution < -0.4 is 4.74 Å². The van der Waals surface area contributed by atoms with Gasteiger partial charge in [-0.05, 0) is 55.9 Å². The highest BCUT2D eigenvalue weighted by molar-refractivity contribution is 5.47. The number of phenolic OH excluding ortho intramolecular Hbond substituents is 1. The summed E-state index contributed by atoms with van der Waals surface area (Å²) in [7, 11) is 1.65. The van der Waals surface area contributed by atoms with E-state index in [0.29, 0.717) is 5.75 Å². The fourth-order valence-electron chi connectivity index (χ4n) is 2.47. The smallest absolute Gasteiger partial charge is 0.126 e. The third-order valence-corrected chi connectivity index (χ3v) is 3.53. The van der Waals surface area contributed by atoms with Gasteiger partial charge in [0.1, 0.15) is 11.5 Å². The van der Waals surface area contributed by atoms with Crippen molar-refractivity contribution in [3.05, 3.63) is 59.2 Å². The van der Waals surface area contributed by atoms with E-state index in [0.717, 1.165) is 42.6 Å². The van der Waals surface area contributed by atoms with E-state index in [1.807, 2.05) is 19.1 Å². The van der Waals surface area contributed by atoms with Gasteiger partial charge in [-0.2, -0.15) is 0 Å². The standard InChI is InChI=1S/C18H22O2/c1-14-12-17(19)16(18(13-14)20-2)11-7-6-10-15-8-4-3-5-9-15/h3-5,8-9,12-13,19H,6-7,10-11H2,1-2H3. The van der Waals surface area contributed by atoms with Gasteiger partial charge in [0, 0.05) is 5.56 Å². The van der Waals surface area contributed by atoms with Crippen LogP contribution in [0.2, 0.25) is 0 Å². The van der Waals surface area contributed by atoms with Crippen LogP contribution in [0.3, 0.4) is 0 Å². The largest absolute Gasteiger partial charge is 0.508 e. The van der Waals surface area contributed by atoms with E-state index in [1.54, 1.807) is 13.2 Å². The maximum Gasteiger partial charge on any atom is 0.126 e. The Bertz CT molecular complexity index is 547. The molecule has 2 nitrogen and oxygen atoms in total. The van der Waals surface area contributed by atoms with E-state index in [-0.39, 0.29) is 0 Å². The van der Waals surface area contributed by atoms with Crippen LogP contribution in [0.5, 0.6) is 11.5 Å². The topological polar surface area (TPSA) is 29.5 Å². The number of methoxy groups -OCH3 is 1. The highest BCUT2D eigenvalue weighted by Gasteiger charge is 2.09. The average Bonchev–Trinajstić information content (AvgIpc) is 2.45. The summed E-state index contributed by atoms with van der Waals surface area (Å²) in [6, 6.07) is 14.3. The van der Waals surface area contributed by atoms with Crippen molar-refractivity contribution in [3.8, 4) is 11.5 Å². The van der Waals surface area contributed by atoms with Gasteiger partial charge in [-0.25, -0.2) is 0 Å². The van der Waals surface area contributed by atoms with E-state index in [9.17, 15) is 5.11 Å². The minimum atomic E-state index is 0.349. The molecule has 0 aliphatic heterocycles. The Morgan fingerprint density at radius 3 is 2.40 bits per heavy atom. The summed E-state index contributed by atoms with van der Waals surface area (Å²) in [4.78, 5) is 0. The first-order chi connectivity index (χ1) is 9.70. The molecule has 0 aliphatic carbocycles. The monoisotopic (exact) mass is 270 g/mol. The number of aryl methyl sites for hydroxylation is 2. The molecule has 0 radical (unpaired) electrons. The van der Waals surface area contributed by atoms with Gasteiger partial charge in [-0.1, -0.05) is 30.3 Å². The minimum absolute atomic E-state index is 0.349. The van der Waals surface area contributed by atoms with Gasteiger partial charge in [0.05, 0.1) is 7.11 Å². The highest BCUT2D eigenvalue weighted by Crippen LogP contribution is 2.30. The molecule has 2 heteroatoms. The zero-order valence-electron chi connectivity index (χ0n) is 12.2. The molecule has 20 heavy (non-hydrogen) atoms.